The first kappa shape index (κ1) is 17.0. The summed E-state index contributed by atoms with van der Waals surface area (Å²) >= 11 is 5.76. The minimum atomic E-state index is -4.43. The van der Waals surface area contributed by atoms with Crippen molar-refractivity contribution >= 4 is 17.4 Å². The number of pyridine rings is 1. The van der Waals surface area contributed by atoms with Gasteiger partial charge < -0.3 is 10.1 Å². The zero-order valence-electron chi connectivity index (χ0n) is 11.4. The number of halogens is 4. The lowest BCUT2D eigenvalue weighted by Crippen LogP contribution is -2.11. The standard InChI is InChI=1S/C13H18ClF3N2O/c1-9(2)8-20-5-3-4-18-12-11(14)6-10(7-19-12)13(15,16)17/h6-7,9H,3-5,8H2,1-2H3,(H,18,19). The van der Waals surface area contributed by atoms with Gasteiger partial charge in [-0.2, -0.15) is 13.2 Å². The highest BCUT2D eigenvalue weighted by molar-refractivity contribution is 6.32. The second-order valence-corrected chi connectivity index (χ2v) is 5.21. The summed E-state index contributed by atoms with van der Waals surface area (Å²) in [6.07, 6.45) is -2.94. The SMILES string of the molecule is CC(C)COCCCNc1ncc(C(F)(F)F)cc1Cl. The molecule has 0 unspecified atom stereocenters. The van der Waals surface area contributed by atoms with E-state index in [1.807, 2.05) is 0 Å². The number of ether oxygens (including phenoxy) is 1. The minimum absolute atomic E-state index is 0.0390. The summed E-state index contributed by atoms with van der Waals surface area (Å²) in [7, 11) is 0. The molecule has 0 aliphatic heterocycles. The van der Waals surface area contributed by atoms with E-state index in [0.717, 1.165) is 18.7 Å². The molecule has 0 atom stereocenters. The van der Waals surface area contributed by atoms with Crippen LogP contribution in [0.5, 0.6) is 0 Å². The van der Waals surface area contributed by atoms with Crippen LogP contribution in [0.15, 0.2) is 12.3 Å². The molecule has 0 saturated carbocycles. The van der Waals surface area contributed by atoms with E-state index in [1.165, 1.54) is 0 Å². The van der Waals surface area contributed by atoms with Gasteiger partial charge in [0.25, 0.3) is 0 Å². The number of aromatic nitrogens is 1. The fourth-order valence-corrected chi connectivity index (χ4v) is 1.66. The normalized spacial score (nSPS) is 11.9. The van der Waals surface area contributed by atoms with Gasteiger partial charge >= 0.3 is 6.18 Å². The van der Waals surface area contributed by atoms with Crippen molar-refractivity contribution in [3.8, 4) is 0 Å². The molecule has 0 fully saturated rings. The van der Waals surface area contributed by atoms with Crippen LogP contribution in [-0.2, 0) is 10.9 Å². The lowest BCUT2D eigenvalue weighted by atomic mass is 10.2. The second kappa shape index (κ2) is 7.69. The summed E-state index contributed by atoms with van der Waals surface area (Å²) < 4.78 is 42.6. The Morgan fingerprint density at radius 3 is 2.65 bits per heavy atom. The summed E-state index contributed by atoms with van der Waals surface area (Å²) in [5.74, 6) is 0.734. The maximum Gasteiger partial charge on any atom is 0.417 e. The number of hydrogen-bond donors (Lipinski definition) is 1. The van der Waals surface area contributed by atoms with E-state index < -0.39 is 11.7 Å². The third-order valence-corrected chi connectivity index (χ3v) is 2.67. The maximum absolute atomic E-state index is 12.4. The van der Waals surface area contributed by atoms with Crippen molar-refractivity contribution in [2.45, 2.75) is 26.4 Å². The first-order chi connectivity index (χ1) is 9.30. The third kappa shape index (κ3) is 5.96. The minimum Gasteiger partial charge on any atom is -0.381 e. The zero-order valence-corrected chi connectivity index (χ0v) is 12.2. The van der Waals surface area contributed by atoms with Crippen molar-refractivity contribution in [1.82, 2.24) is 4.98 Å². The Bertz CT molecular complexity index is 425. The van der Waals surface area contributed by atoms with Gasteiger partial charge in [-0.3, -0.25) is 0 Å². The number of hydrogen-bond acceptors (Lipinski definition) is 3. The first-order valence-electron chi connectivity index (χ1n) is 6.35. The average molecular weight is 311 g/mol. The Morgan fingerprint density at radius 2 is 2.10 bits per heavy atom. The molecule has 7 heteroatoms. The van der Waals surface area contributed by atoms with Crippen molar-refractivity contribution in [3.05, 3.63) is 22.8 Å². The van der Waals surface area contributed by atoms with Gasteiger partial charge in [-0.1, -0.05) is 25.4 Å². The van der Waals surface area contributed by atoms with Gasteiger partial charge in [0.15, 0.2) is 0 Å². The van der Waals surface area contributed by atoms with Gasteiger partial charge in [-0.15, -0.1) is 0 Å². The molecule has 1 aromatic rings. The quantitative estimate of drug-likeness (QED) is 0.765. The van der Waals surface area contributed by atoms with E-state index in [-0.39, 0.29) is 10.8 Å². The highest BCUT2D eigenvalue weighted by Gasteiger charge is 2.31. The van der Waals surface area contributed by atoms with Crippen LogP contribution in [0.1, 0.15) is 25.8 Å². The van der Waals surface area contributed by atoms with Crippen molar-refractivity contribution < 1.29 is 17.9 Å². The second-order valence-electron chi connectivity index (χ2n) is 4.80. The predicted octanol–water partition coefficient (Wildman–Crippen LogP) is 4.23. The molecule has 1 N–H and O–H groups in total. The molecule has 0 aliphatic rings. The van der Waals surface area contributed by atoms with Crippen LogP contribution in [0, 0.1) is 5.92 Å². The van der Waals surface area contributed by atoms with Gasteiger partial charge in [-0.05, 0) is 18.4 Å². The number of nitrogens with zero attached hydrogens (tertiary/aromatic N) is 1. The van der Waals surface area contributed by atoms with Crippen molar-refractivity contribution in [1.29, 1.82) is 0 Å². The smallest absolute Gasteiger partial charge is 0.381 e. The van der Waals surface area contributed by atoms with E-state index in [9.17, 15) is 13.2 Å². The highest BCUT2D eigenvalue weighted by atomic mass is 35.5. The molecule has 0 bridgehead atoms. The molecule has 0 spiro atoms. The topological polar surface area (TPSA) is 34.1 Å². The Labute approximate surface area is 121 Å². The molecule has 0 amide bonds. The Kier molecular flexibility index (Phi) is 6.55. The number of anilines is 1. The average Bonchev–Trinajstić information content (AvgIpc) is 2.33. The first-order valence-corrected chi connectivity index (χ1v) is 6.73. The van der Waals surface area contributed by atoms with E-state index in [2.05, 4.69) is 24.1 Å². The molecule has 0 aromatic carbocycles. The predicted molar refractivity (Wildman–Crippen MR) is 73.0 cm³/mol. The molecule has 114 valence electrons. The highest BCUT2D eigenvalue weighted by Crippen LogP contribution is 2.32. The molecule has 1 heterocycles. The number of nitrogens with one attached hydrogen (secondary N) is 1. The summed E-state index contributed by atoms with van der Waals surface area (Å²) in [5, 5.41) is 2.85. The van der Waals surface area contributed by atoms with E-state index in [1.54, 1.807) is 0 Å². The monoisotopic (exact) mass is 310 g/mol. The van der Waals surface area contributed by atoms with Crippen molar-refractivity contribution in [2.75, 3.05) is 25.1 Å². The largest absolute Gasteiger partial charge is 0.417 e. The van der Waals surface area contributed by atoms with Gasteiger partial charge in [0.05, 0.1) is 10.6 Å². The Morgan fingerprint density at radius 1 is 1.40 bits per heavy atom. The number of rotatable bonds is 7. The molecule has 1 aromatic heterocycles. The summed E-state index contributed by atoms with van der Waals surface area (Å²) in [5.41, 5.74) is -0.853. The van der Waals surface area contributed by atoms with Crippen molar-refractivity contribution in [3.63, 3.8) is 0 Å². The van der Waals surface area contributed by atoms with E-state index in [4.69, 9.17) is 16.3 Å². The molecule has 1 rings (SSSR count). The molecule has 0 aliphatic carbocycles. The Balaban J connectivity index is 2.38. The van der Waals surface area contributed by atoms with Gasteiger partial charge in [0, 0.05) is 26.0 Å². The van der Waals surface area contributed by atoms with Crippen LogP contribution in [0.4, 0.5) is 19.0 Å². The Hall–Kier alpha value is -1.01. The fraction of sp³-hybridized carbons (Fsp3) is 0.615. The van der Waals surface area contributed by atoms with Crippen LogP contribution in [-0.4, -0.2) is 24.7 Å². The summed E-state index contributed by atoms with van der Waals surface area (Å²) in [6, 6.07) is 0.867. The molecule has 0 radical (unpaired) electrons. The van der Waals surface area contributed by atoms with Crippen LogP contribution in [0.2, 0.25) is 5.02 Å². The molecular weight excluding hydrogens is 293 g/mol. The number of alkyl halides is 3. The molecule has 3 nitrogen and oxygen atoms in total. The molecule has 0 saturated heterocycles. The lowest BCUT2D eigenvalue weighted by Gasteiger charge is -2.11. The van der Waals surface area contributed by atoms with Crippen LogP contribution >= 0.6 is 11.6 Å². The fourth-order valence-electron chi connectivity index (χ4n) is 1.42. The van der Waals surface area contributed by atoms with Crippen LogP contribution in [0.3, 0.4) is 0 Å². The van der Waals surface area contributed by atoms with Crippen LogP contribution in [0.25, 0.3) is 0 Å². The zero-order chi connectivity index (χ0) is 15.2. The third-order valence-electron chi connectivity index (χ3n) is 2.38. The summed E-state index contributed by atoms with van der Waals surface area (Å²) in [4.78, 5) is 3.69. The van der Waals surface area contributed by atoms with Gasteiger partial charge in [-0.25, -0.2) is 4.98 Å². The molecular formula is C13H18ClF3N2O. The van der Waals surface area contributed by atoms with E-state index in [0.29, 0.717) is 25.7 Å². The van der Waals surface area contributed by atoms with Crippen molar-refractivity contribution in [2.24, 2.45) is 5.92 Å². The maximum atomic E-state index is 12.4. The van der Waals surface area contributed by atoms with Crippen LogP contribution < -0.4 is 5.32 Å². The molecule has 20 heavy (non-hydrogen) atoms. The summed E-state index contributed by atoms with van der Waals surface area (Å²) in [6.45, 7) is 5.94. The van der Waals surface area contributed by atoms with E-state index >= 15 is 0 Å². The lowest BCUT2D eigenvalue weighted by molar-refractivity contribution is -0.137. The van der Waals surface area contributed by atoms with Gasteiger partial charge in [0.1, 0.15) is 5.82 Å². The van der Waals surface area contributed by atoms with Gasteiger partial charge in [0.2, 0.25) is 0 Å².